The molecule has 1 aromatic heterocycles. The zero-order valence-electron chi connectivity index (χ0n) is 15.3. The van der Waals surface area contributed by atoms with Gasteiger partial charge in [-0.2, -0.15) is 0 Å². The van der Waals surface area contributed by atoms with Gasteiger partial charge in [0.2, 0.25) is 5.91 Å². The summed E-state index contributed by atoms with van der Waals surface area (Å²) >= 11 is 0. The fourth-order valence-electron chi connectivity index (χ4n) is 3.29. The molecule has 3 rings (SSSR count). The van der Waals surface area contributed by atoms with E-state index in [1.807, 2.05) is 47.8 Å². The van der Waals surface area contributed by atoms with E-state index in [2.05, 4.69) is 34.6 Å². The van der Waals surface area contributed by atoms with E-state index in [-0.39, 0.29) is 24.7 Å². The Balaban J connectivity index is 1.62. The molecule has 2 heterocycles. The maximum absolute atomic E-state index is 12.3. The SMILES string of the molecule is CCN1C(=O)CO[C@@H](CNC/C=C/c2ccccc2)[C@@H]1c1nccn1C. The number of morpholine rings is 1. The Bertz CT molecular complexity index is 741. The van der Waals surface area contributed by atoms with Crippen molar-refractivity contribution in [3.05, 3.63) is 60.2 Å². The number of benzene rings is 1. The maximum Gasteiger partial charge on any atom is 0.249 e. The van der Waals surface area contributed by atoms with E-state index in [0.29, 0.717) is 13.1 Å². The van der Waals surface area contributed by atoms with Gasteiger partial charge in [-0.25, -0.2) is 4.98 Å². The van der Waals surface area contributed by atoms with E-state index in [1.54, 1.807) is 6.20 Å². The van der Waals surface area contributed by atoms with Crippen molar-refractivity contribution in [1.29, 1.82) is 0 Å². The van der Waals surface area contributed by atoms with Crippen LogP contribution in [-0.4, -0.2) is 52.7 Å². The van der Waals surface area contributed by atoms with Crippen molar-refractivity contribution in [2.75, 3.05) is 26.2 Å². The number of nitrogens with zero attached hydrogens (tertiary/aromatic N) is 3. The zero-order valence-corrected chi connectivity index (χ0v) is 15.3. The van der Waals surface area contributed by atoms with E-state index < -0.39 is 0 Å². The summed E-state index contributed by atoms with van der Waals surface area (Å²) in [7, 11) is 1.95. The first-order valence-electron chi connectivity index (χ1n) is 9.01. The van der Waals surface area contributed by atoms with Crippen LogP contribution in [0.5, 0.6) is 0 Å². The summed E-state index contributed by atoms with van der Waals surface area (Å²) < 4.78 is 7.80. The second-order valence-electron chi connectivity index (χ2n) is 6.34. The molecular formula is C20H26N4O2. The fourth-order valence-corrected chi connectivity index (χ4v) is 3.29. The molecule has 1 aliphatic heterocycles. The standard InChI is InChI=1S/C20H26N4O2/c1-3-24-18(25)15-26-17(19(24)20-22-12-13-23(20)2)14-21-11-7-10-16-8-5-4-6-9-16/h4-10,12-13,17,19,21H,3,11,14-15H2,1-2H3/b10-7+/t17-,19+/m0/s1. The van der Waals surface area contributed by atoms with Crippen LogP contribution >= 0.6 is 0 Å². The Labute approximate surface area is 154 Å². The lowest BCUT2D eigenvalue weighted by Gasteiger charge is -2.40. The van der Waals surface area contributed by atoms with Crippen LogP contribution in [0.4, 0.5) is 0 Å². The van der Waals surface area contributed by atoms with E-state index in [9.17, 15) is 4.79 Å². The lowest BCUT2D eigenvalue weighted by atomic mass is 10.1. The molecule has 6 heteroatoms. The summed E-state index contributed by atoms with van der Waals surface area (Å²) in [6.07, 6.45) is 7.72. The molecule has 1 aromatic carbocycles. The number of hydrogen-bond acceptors (Lipinski definition) is 4. The van der Waals surface area contributed by atoms with Crippen LogP contribution in [0.3, 0.4) is 0 Å². The van der Waals surface area contributed by atoms with Crippen molar-refractivity contribution in [2.24, 2.45) is 7.05 Å². The summed E-state index contributed by atoms with van der Waals surface area (Å²) in [6.45, 7) is 4.15. The number of aromatic nitrogens is 2. The van der Waals surface area contributed by atoms with E-state index in [1.165, 1.54) is 5.56 Å². The number of nitrogens with one attached hydrogen (secondary N) is 1. The van der Waals surface area contributed by atoms with Crippen molar-refractivity contribution >= 4 is 12.0 Å². The smallest absolute Gasteiger partial charge is 0.249 e. The van der Waals surface area contributed by atoms with Crippen LogP contribution in [0.1, 0.15) is 24.4 Å². The van der Waals surface area contributed by atoms with Gasteiger partial charge in [0.1, 0.15) is 18.5 Å². The first kappa shape index (κ1) is 18.4. The Morgan fingerprint density at radius 3 is 2.85 bits per heavy atom. The molecule has 6 nitrogen and oxygen atoms in total. The molecule has 26 heavy (non-hydrogen) atoms. The number of rotatable bonds is 7. The van der Waals surface area contributed by atoms with Crippen molar-refractivity contribution < 1.29 is 9.53 Å². The average Bonchev–Trinajstić information content (AvgIpc) is 3.08. The Kier molecular flexibility index (Phi) is 6.20. The summed E-state index contributed by atoms with van der Waals surface area (Å²) in [6, 6.07) is 10.0. The number of carbonyl (C=O) groups is 1. The highest BCUT2D eigenvalue weighted by molar-refractivity contribution is 5.78. The highest BCUT2D eigenvalue weighted by Gasteiger charge is 2.38. The number of amides is 1. The zero-order chi connectivity index (χ0) is 18.4. The fraction of sp³-hybridized carbons (Fsp3) is 0.400. The number of ether oxygens (including phenoxy) is 1. The first-order chi connectivity index (χ1) is 12.7. The van der Waals surface area contributed by atoms with Crippen molar-refractivity contribution in [2.45, 2.75) is 19.1 Å². The van der Waals surface area contributed by atoms with Crippen LogP contribution in [-0.2, 0) is 16.6 Å². The van der Waals surface area contributed by atoms with Gasteiger partial charge >= 0.3 is 0 Å². The summed E-state index contributed by atoms with van der Waals surface area (Å²) in [5, 5.41) is 3.41. The molecule has 0 unspecified atom stereocenters. The van der Waals surface area contributed by atoms with Crippen LogP contribution < -0.4 is 5.32 Å². The molecular weight excluding hydrogens is 328 g/mol. The van der Waals surface area contributed by atoms with Crippen LogP contribution in [0, 0.1) is 0 Å². The van der Waals surface area contributed by atoms with Gasteiger partial charge in [0.05, 0.1) is 6.10 Å². The molecule has 2 atom stereocenters. The van der Waals surface area contributed by atoms with Crippen molar-refractivity contribution in [3.63, 3.8) is 0 Å². The van der Waals surface area contributed by atoms with E-state index in [4.69, 9.17) is 4.74 Å². The second-order valence-corrected chi connectivity index (χ2v) is 6.34. The van der Waals surface area contributed by atoms with Gasteiger partial charge in [0, 0.05) is 39.1 Å². The molecule has 1 saturated heterocycles. The number of imidazole rings is 1. The minimum atomic E-state index is -0.174. The van der Waals surface area contributed by atoms with Gasteiger partial charge < -0.3 is 19.5 Å². The normalized spacial score (nSPS) is 20.8. The summed E-state index contributed by atoms with van der Waals surface area (Å²) in [5.41, 5.74) is 1.18. The number of aryl methyl sites for hydroxylation is 1. The molecule has 0 spiro atoms. The third-order valence-corrected chi connectivity index (χ3v) is 4.61. The minimum absolute atomic E-state index is 0.0146. The minimum Gasteiger partial charge on any atom is -0.364 e. The predicted molar refractivity (Wildman–Crippen MR) is 101 cm³/mol. The highest BCUT2D eigenvalue weighted by Crippen LogP contribution is 2.28. The summed E-state index contributed by atoms with van der Waals surface area (Å²) in [5.74, 6) is 0.868. The van der Waals surface area contributed by atoms with Crippen molar-refractivity contribution in [1.82, 2.24) is 19.8 Å². The molecule has 0 radical (unpaired) electrons. The van der Waals surface area contributed by atoms with E-state index in [0.717, 1.165) is 12.4 Å². The third kappa shape index (κ3) is 4.20. The maximum atomic E-state index is 12.3. The third-order valence-electron chi connectivity index (χ3n) is 4.61. The lowest BCUT2D eigenvalue weighted by Crippen LogP contribution is -2.52. The molecule has 2 aromatic rings. The van der Waals surface area contributed by atoms with Gasteiger partial charge in [0.25, 0.3) is 0 Å². The topological polar surface area (TPSA) is 59.4 Å². The molecule has 0 bridgehead atoms. The first-order valence-corrected chi connectivity index (χ1v) is 9.01. The molecule has 1 fully saturated rings. The molecule has 0 saturated carbocycles. The Morgan fingerprint density at radius 2 is 2.15 bits per heavy atom. The van der Waals surface area contributed by atoms with Gasteiger partial charge in [-0.15, -0.1) is 0 Å². The predicted octanol–water partition coefficient (Wildman–Crippen LogP) is 2.01. The molecule has 1 amide bonds. The largest absolute Gasteiger partial charge is 0.364 e. The molecule has 0 aliphatic carbocycles. The monoisotopic (exact) mass is 354 g/mol. The highest BCUT2D eigenvalue weighted by atomic mass is 16.5. The number of hydrogen-bond donors (Lipinski definition) is 1. The van der Waals surface area contributed by atoms with Crippen LogP contribution in [0.25, 0.3) is 6.08 Å². The number of carbonyl (C=O) groups excluding carboxylic acids is 1. The quantitative estimate of drug-likeness (QED) is 0.773. The molecule has 138 valence electrons. The van der Waals surface area contributed by atoms with Crippen LogP contribution in [0.15, 0.2) is 48.8 Å². The van der Waals surface area contributed by atoms with E-state index >= 15 is 0 Å². The van der Waals surface area contributed by atoms with Gasteiger partial charge in [-0.3, -0.25) is 4.79 Å². The van der Waals surface area contributed by atoms with Crippen LogP contribution in [0.2, 0.25) is 0 Å². The Morgan fingerprint density at radius 1 is 1.35 bits per heavy atom. The summed E-state index contributed by atoms with van der Waals surface area (Å²) in [4.78, 5) is 18.6. The second kappa shape index (κ2) is 8.78. The van der Waals surface area contributed by atoms with Crippen molar-refractivity contribution in [3.8, 4) is 0 Å². The molecule has 1 N–H and O–H groups in total. The Hall–Kier alpha value is -2.44. The number of likely N-dealkylation sites (N-methyl/N-ethyl adjacent to an activating group) is 1. The van der Waals surface area contributed by atoms with Gasteiger partial charge in [-0.05, 0) is 12.5 Å². The van der Waals surface area contributed by atoms with Gasteiger partial charge in [0.15, 0.2) is 0 Å². The molecule has 1 aliphatic rings. The van der Waals surface area contributed by atoms with Gasteiger partial charge in [-0.1, -0.05) is 42.5 Å². The average molecular weight is 354 g/mol. The lowest BCUT2D eigenvalue weighted by molar-refractivity contribution is -0.157.